The molecule has 1 rings (SSSR count). The van der Waals surface area contributed by atoms with Gasteiger partial charge in [0.05, 0.1) is 0 Å². The molecule has 1 unspecified atom stereocenters. The quantitative estimate of drug-likeness (QED) is 0.802. The van der Waals surface area contributed by atoms with Gasteiger partial charge in [-0.1, -0.05) is 24.6 Å². The van der Waals surface area contributed by atoms with Crippen LogP contribution in [0.1, 0.15) is 32.3 Å². The molecule has 0 saturated carbocycles. The Morgan fingerprint density at radius 2 is 2.19 bits per heavy atom. The summed E-state index contributed by atoms with van der Waals surface area (Å²) in [5, 5.41) is 3.80. The number of nitrogens with one attached hydrogen (secondary N) is 1. The van der Waals surface area contributed by atoms with Crippen LogP contribution in [0, 0.1) is 5.82 Å². The Labute approximate surface area is 102 Å². The highest BCUT2D eigenvalue weighted by atomic mass is 35.5. The standard InChI is InChI=1S/C13H19ClFN/c1-3-16-10(2)5-4-6-11-7-8-12(14)9-13(11)15/h7-10,16H,3-6H2,1-2H3. The topological polar surface area (TPSA) is 12.0 Å². The molecule has 1 aromatic carbocycles. The predicted molar refractivity (Wildman–Crippen MR) is 67.5 cm³/mol. The van der Waals surface area contributed by atoms with Gasteiger partial charge in [0.1, 0.15) is 5.82 Å². The number of aryl methyl sites for hydroxylation is 1. The van der Waals surface area contributed by atoms with E-state index in [2.05, 4.69) is 19.2 Å². The average Bonchev–Trinajstić information content (AvgIpc) is 2.22. The molecule has 1 aromatic rings. The second-order valence-corrected chi connectivity index (χ2v) is 4.52. The maximum Gasteiger partial charge on any atom is 0.127 e. The van der Waals surface area contributed by atoms with Gasteiger partial charge in [0.25, 0.3) is 0 Å². The lowest BCUT2D eigenvalue weighted by Crippen LogP contribution is -2.25. The van der Waals surface area contributed by atoms with Gasteiger partial charge in [-0.05, 0) is 50.4 Å². The molecule has 90 valence electrons. The number of benzene rings is 1. The smallest absolute Gasteiger partial charge is 0.127 e. The maximum absolute atomic E-state index is 13.4. The van der Waals surface area contributed by atoms with E-state index < -0.39 is 0 Å². The van der Waals surface area contributed by atoms with Crippen LogP contribution in [0.2, 0.25) is 5.02 Å². The van der Waals surface area contributed by atoms with Gasteiger partial charge < -0.3 is 5.32 Å². The fraction of sp³-hybridized carbons (Fsp3) is 0.538. The first kappa shape index (κ1) is 13.5. The van der Waals surface area contributed by atoms with Crippen molar-refractivity contribution in [3.63, 3.8) is 0 Å². The molecule has 0 aliphatic heterocycles. The largest absolute Gasteiger partial charge is 0.315 e. The van der Waals surface area contributed by atoms with Gasteiger partial charge in [-0.3, -0.25) is 0 Å². The summed E-state index contributed by atoms with van der Waals surface area (Å²) < 4.78 is 13.4. The van der Waals surface area contributed by atoms with Crippen LogP contribution in [0.5, 0.6) is 0 Å². The van der Waals surface area contributed by atoms with Crippen molar-refractivity contribution in [2.45, 2.75) is 39.2 Å². The molecule has 1 atom stereocenters. The van der Waals surface area contributed by atoms with Crippen molar-refractivity contribution in [1.82, 2.24) is 5.32 Å². The number of halogens is 2. The fourth-order valence-corrected chi connectivity index (χ4v) is 1.93. The lowest BCUT2D eigenvalue weighted by molar-refractivity contribution is 0.507. The molecule has 1 N–H and O–H groups in total. The lowest BCUT2D eigenvalue weighted by Gasteiger charge is -2.11. The van der Waals surface area contributed by atoms with E-state index in [9.17, 15) is 4.39 Å². The highest BCUT2D eigenvalue weighted by molar-refractivity contribution is 6.30. The summed E-state index contributed by atoms with van der Waals surface area (Å²) in [6, 6.07) is 5.40. The first-order chi connectivity index (χ1) is 7.63. The molecule has 0 spiro atoms. The normalized spacial score (nSPS) is 12.8. The summed E-state index contributed by atoms with van der Waals surface area (Å²) in [5.41, 5.74) is 0.757. The molecule has 0 heterocycles. The molecule has 0 saturated heterocycles. The molecule has 0 aliphatic carbocycles. The van der Waals surface area contributed by atoms with Crippen LogP contribution in [0.3, 0.4) is 0 Å². The van der Waals surface area contributed by atoms with E-state index in [1.165, 1.54) is 6.07 Å². The zero-order valence-corrected chi connectivity index (χ0v) is 10.6. The van der Waals surface area contributed by atoms with Crippen molar-refractivity contribution >= 4 is 11.6 Å². The van der Waals surface area contributed by atoms with E-state index in [4.69, 9.17) is 11.6 Å². The van der Waals surface area contributed by atoms with Gasteiger partial charge >= 0.3 is 0 Å². The van der Waals surface area contributed by atoms with Crippen molar-refractivity contribution in [1.29, 1.82) is 0 Å². The minimum Gasteiger partial charge on any atom is -0.315 e. The number of hydrogen-bond acceptors (Lipinski definition) is 1. The molecule has 1 nitrogen and oxygen atoms in total. The van der Waals surface area contributed by atoms with Crippen molar-refractivity contribution in [3.8, 4) is 0 Å². The van der Waals surface area contributed by atoms with E-state index >= 15 is 0 Å². The van der Waals surface area contributed by atoms with E-state index in [0.717, 1.165) is 31.4 Å². The Kier molecular flexibility index (Phi) is 5.78. The van der Waals surface area contributed by atoms with Crippen molar-refractivity contribution in [2.24, 2.45) is 0 Å². The lowest BCUT2D eigenvalue weighted by atomic mass is 10.1. The van der Waals surface area contributed by atoms with Gasteiger partial charge in [-0.2, -0.15) is 0 Å². The SMILES string of the molecule is CCNC(C)CCCc1ccc(Cl)cc1F. The Hall–Kier alpha value is -0.600. The Bertz CT molecular complexity index is 328. The molecule has 0 fully saturated rings. The van der Waals surface area contributed by atoms with E-state index in [-0.39, 0.29) is 5.82 Å². The van der Waals surface area contributed by atoms with Gasteiger partial charge in [-0.15, -0.1) is 0 Å². The third-order valence-electron chi connectivity index (χ3n) is 2.65. The summed E-state index contributed by atoms with van der Waals surface area (Å²) in [5.74, 6) is -0.191. The van der Waals surface area contributed by atoms with Crippen LogP contribution in [0.25, 0.3) is 0 Å². The fourth-order valence-electron chi connectivity index (χ4n) is 1.77. The van der Waals surface area contributed by atoms with Crippen molar-refractivity contribution < 1.29 is 4.39 Å². The molecule has 16 heavy (non-hydrogen) atoms. The van der Waals surface area contributed by atoms with E-state index in [0.29, 0.717) is 11.1 Å². The molecule has 3 heteroatoms. The van der Waals surface area contributed by atoms with Gasteiger partial charge in [0.15, 0.2) is 0 Å². The highest BCUT2D eigenvalue weighted by Crippen LogP contribution is 2.16. The summed E-state index contributed by atoms with van der Waals surface area (Å²) in [7, 11) is 0. The Balaban J connectivity index is 2.37. The van der Waals surface area contributed by atoms with Crippen LogP contribution in [-0.2, 0) is 6.42 Å². The minimum absolute atomic E-state index is 0.191. The first-order valence-corrected chi connectivity index (χ1v) is 6.18. The highest BCUT2D eigenvalue weighted by Gasteiger charge is 2.04. The molecular weight excluding hydrogens is 225 g/mol. The van der Waals surface area contributed by atoms with Crippen LogP contribution < -0.4 is 5.32 Å². The molecule has 0 aromatic heterocycles. The minimum atomic E-state index is -0.191. The molecule has 0 radical (unpaired) electrons. The van der Waals surface area contributed by atoms with Gasteiger partial charge in [0, 0.05) is 11.1 Å². The van der Waals surface area contributed by atoms with Crippen LogP contribution in [-0.4, -0.2) is 12.6 Å². The predicted octanol–water partition coefficient (Wildman–Crippen LogP) is 3.80. The second-order valence-electron chi connectivity index (χ2n) is 4.09. The Morgan fingerprint density at radius 3 is 2.81 bits per heavy atom. The monoisotopic (exact) mass is 243 g/mol. The summed E-state index contributed by atoms with van der Waals surface area (Å²) in [6.07, 6.45) is 2.83. The van der Waals surface area contributed by atoms with Gasteiger partial charge in [-0.25, -0.2) is 4.39 Å². The van der Waals surface area contributed by atoms with Crippen LogP contribution in [0.4, 0.5) is 4.39 Å². The summed E-state index contributed by atoms with van der Waals surface area (Å²) in [4.78, 5) is 0. The maximum atomic E-state index is 13.4. The van der Waals surface area contributed by atoms with Gasteiger partial charge in [0.2, 0.25) is 0 Å². The number of hydrogen-bond donors (Lipinski definition) is 1. The average molecular weight is 244 g/mol. The molecule has 0 aliphatic rings. The van der Waals surface area contributed by atoms with Crippen LogP contribution in [0.15, 0.2) is 18.2 Å². The summed E-state index contributed by atoms with van der Waals surface area (Å²) in [6.45, 7) is 5.23. The Morgan fingerprint density at radius 1 is 1.44 bits per heavy atom. The zero-order chi connectivity index (χ0) is 12.0. The van der Waals surface area contributed by atoms with Crippen molar-refractivity contribution in [2.75, 3.05) is 6.54 Å². The first-order valence-electron chi connectivity index (χ1n) is 5.80. The second kappa shape index (κ2) is 6.87. The molecular formula is C13H19ClFN. The summed E-state index contributed by atoms with van der Waals surface area (Å²) >= 11 is 5.69. The number of rotatable bonds is 6. The van der Waals surface area contributed by atoms with Crippen LogP contribution >= 0.6 is 11.6 Å². The van der Waals surface area contributed by atoms with Crippen molar-refractivity contribution in [3.05, 3.63) is 34.6 Å². The molecule has 0 amide bonds. The zero-order valence-electron chi connectivity index (χ0n) is 9.89. The third kappa shape index (κ3) is 4.50. The third-order valence-corrected chi connectivity index (χ3v) is 2.89. The van der Waals surface area contributed by atoms with E-state index in [1.54, 1.807) is 12.1 Å². The van der Waals surface area contributed by atoms with E-state index in [1.807, 2.05) is 0 Å². The molecule has 0 bridgehead atoms.